The molecule has 0 saturated carbocycles. The van der Waals surface area contributed by atoms with E-state index in [1.807, 2.05) is 6.20 Å². The van der Waals surface area contributed by atoms with Gasteiger partial charge in [-0.05, 0) is 24.6 Å². The van der Waals surface area contributed by atoms with Gasteiger partial charge in [-0.3, -0.25) is 4.98 Å². The van der Waals surface area contributed by atoms with Crippen LogP contribution >= 0.6 is 0 Å². The van der Waals surface area contributed by atoms with E-state index in [0.717, 1.165) is 12.1 Å². The predicted octanol–water partition coefficient (Wildman–Crippen LogP) is 0.613. The van der Waals surface area contributed by atoms with E-state index in [2.05, 4.69) is 11.1 Å². The van der Waals surface area contributed by atoms with Crippen molar-refractivity contribution >= 4 is 0 Å². The van der Waals surface area contributed by atoms with E-state index in [1.54, 1.807) is 0 Å². The average molecular weight is 164 g/mol. The Kier molecular flexibility index (Phi) is 2.06. The summed E-state index contributed by atoms with van der Waals surface area (Å²) in [5.74, 6) is 0. The summed E-state index contributed by atoms with van der Waals surface area (Å²) in [4.78, 5) is 4.30. The van der Waals surface area contributed by atoms with Crippen molar-refractivity contribution in [2.45, 2.75) is 19.6 Å². The number of nitrogens with two attached hydrogens (primary N) is 1. The number of ether oxygens (including phenoxy) is 1. The van der Waals surface area contributed by atoms with Crippen molar-refractivity contribution in [3.05, 3.63) is 29.1 Å². The van der Waals surface area contributed by atoms with E-state index in [0.29, 0.717) is 19.8 Å². The molecule has 0 bridgehead atoms. The van der Waals surface area contributed by atoms with Crippen molar-refractivity contribution < 1.29 is 4.74 Å². The lowest BCUT2D eigenvalue weighted by molar-refractivity contribution is 0.133. The van der Waals surface area contributed by atoms with Crippen molar-refractivity contribution in [3.8, 4) is 0 Å². The third kappa shape index (κ3) is 1.33. The molecule has 0 atom stereocenters. The molecule has 3 heteroatoms. The second-order valence-electron chi connectivity index (χ2n) is 2.98. The van der Waals surface area contributed by atoms with Gasteiger partial charge in [-0.2, -0.15) is 0 Å². The highest BCUT2D eigenvalue weighted by Crippen LogP contribution is 2.18. The minimum Gasteiger partial charge on any atom is -0.370 e. The fourth-order valence-corrected chi connectivity index (χ4v) is 1.40. The molecule has 1 aliphatic rings. The molecule has 0 amide bonds. The lowest BCUT2D eigenvalue weighted by Gasteiger charge is -2.00. The molecule has 0 aromatic carbocycles. The number of pyridine rings is 1. The first-order valence-corrected chi connectivity index (χ1v) is 4.14. The topological polar surface area (TPSA) is 48.1 Å². The summed E-state index contributed by atoms with van der Waals surface area (Å²) < 4.78 is 5.25. The Morgan fingerprint density at radius 1 is 1.50 bits per heavy atom. The molecular weight excluding hydrogens is 152 g/mol. The molecular formula is C9H12N2O. The number of fused-ring (bicyclic) bond motifs is 1. The number of aromatic nitrogens is 1. The summed E-state index contributed by atoms with van der Waals surface area (Å²) in [6.07, 6.45) is 2.79. The number of hydrogen-bond donors (Lipinski definition) is 1. The highest BCUT2D eigenvalue weighted by molar-refractivity contribution is 5.26. The van der Waals surface area contributed by atoms with Crippen LogP contribution in [0.2, 0.25) is 0 Å². The SMILES string of the molecule is NCCc1cnc2c(c1)COC2. The normalized spacial score (nSPS) is 14.8. The highest BCUT2D eigenvalue weighted by Gasteiger charge is 2.12. The van der Waals surface area contributed by atoms with E-state index < -0.39 is 0 Å². The third-order valence-electron chi connectivity index (χ3n) is 2.05. The van der Waals surface area contributed by atoms with E-state index in [-0.39, 0.29) is 0 Å². The van der Waals surface area contributed by atoms with Crippen molar-refractivity contribution in [3.63, 3.8) is 0 Å². The quantitative estimate of drug-likeness (QED) is 0.696. The first-order valence-electron chi connectivity index (χ1n) is 4.14. The fourth-order valence-electron chi connectivity index (χ4n) is 1.40. The first kappa shape index (κ1) is 7.71. The smallest absolute Gasteiger partial charge is 0.0896 e. The van der Waals surface area contributed by atoms with Crippen molar-refractivity contribution in [1.29, 1.82) is 0 Å². The van der Waals surface area contributed by atoms with Crippen LogP contribution in [-0.4, -0.2) is 11.5 Å². The van der Waals surface area contributed by atoms with Crippen molar-refractivity contribution in [1.82, 2.24) is 4.98 Å². The van der Waals surface area contributed by atoms with Crippen LogP contribution in [0.4, 0.5) is 0 Å². The van der Waals surface area contributed by atoms with Gasteiger partial charge in [-0.15, -0.1) is 0 Å². The zero-order chi connectivity index (χ0) is 8.39. The van der Waals surface area contributed by atoms with Crippen LogP contribution in [0.15, 0.2) is 12.3 Å². The Hall–Kier alpha value is -0.930. The minimum atomic E-state index is 0.665. The van der Waals surface area contributed by atoms with Crippen LogP contribution in [0.25, 0.3) is 0 Å². The van der Waals surface area contributed by atoms with Gasteiger partial charge >= 0.3 is 0 Å². The summed E-state index contributed by atoms with van der Waals surface area (Å²) in [5, 5.41) is 0. The Bertz CT molecular complexity index is 286. The first-order chi connectivity index (χ1) is 5.90. The van der Waals surface area contributed by atoms with E-state index in [1.165, 1.54) is 11.1 Å². The van der Waals surface area contributed by atoms with Gasteiger partial charge < -0.3 is 10.5 Å². The van der Waals surface area contributed by atoms with Gasteiger partial charge in [0.1, 0.15) is 0 Å². The van der Waals surface area contributed by atoms with Crippen LogP contribution < -0.4 is 5.73 Å². The maximum atomic E-state index is 5.45. The van der Waals surface area contributed by atoms with Gasteiger partial charge in [0.15, 0.2) is 0 Å². The molecule has 0 unspecified atom stereocenters. The largest absolute Gasteiger partial charge is 0.370 e. The second-order valence-corrected chi connectivity index (χ2v) is 2.98. The maximum absolute atomic E-state index is 5.45. The predicted molar refractivity (Wildman–Crippen MR) is 45.5 cm³/mol. The highest BCUT2D eigenvalue weighted by atomic mass is 16.5. The van der Waals surface area contributed by atoms with Gasteiger partial charge in [0.2, 0.25) is 0 Å². The van der Waals surface area contributed by atoms with Gasteiger partial charge in [-0.25, -0.2) is 0 Å². The summed E-state index contributed by atoms with van der Waals surface area (Å²) in [7, 11) is 0. The summed E-state index contributed by atoms with van der Waals surface area (Å²) in [6, 6.07) is 2.14. The maximum Gasteiger partial charge on any atom is 0.0896 e. The van der Waals surface area contributed by atoms with Crippen LogP contribution in [0.3, 0.4) is 0 Å². The minimum absolute atomic E-state index is 0.665. The molecule has 12 heavy (non-hydrogen) atoms. The van der Waals surface area contributed by atoms with E-state index >= 15 is 0 Å². The molecule has 0 spiro atoms. The molecule has 64 valence electrons. The summed E-state index contributed by atoms with van der Waals surface area (Å²) in [5.41, 5.74) is 8.96. The van der Waals surface area contributed by atoms with Gasteiger partial charge in [0, 0.05) is 11.8 Å². The number of hydrogen-bond acceptors (Lipinski definition) is 3. The van der Waals surface area contributed by atoms with Crippen molar-refractivity contribution in [2.24, 2.45) is 5.73 Å². The molecule has 2 rings (SSSR count). The Balaban J connectivity index is 2.26. The molecule has 0 fully saturated rings. The molecule has 2 N–H and O–H groups in total. The molecule has 1 aromatic rings. The summed E-state index contributed by atoms with van der Waals surface area (Å²) in [6.45, 7) is 2.06. The van der Waals surface area contributed by atoms with Gasteiger partial charge in [-0.1, -0.05) is 0 Å². The second kappa shape index (κ2) is 3.21. The zero-order valence-corrected chi connectivity index (χ0v) is 6.92. The lowest BCUT2D eigenvalue weighted by Crippen LogP contribution is -2.03. The fraction of sp³-hybridized carbons (Fsp3) is 0.444. The zero-order valence-electron chi connectivity index (χ0n) is 6.92. The monoisotopic (exact) mass is 164 g/mol. The Morgan fingerprint density at radius 3 is 3.25 bits per heavy atom. The molecule has 1 aromatic heterocycles. The van der Waals surface area contributed by atoms with Crippen LogP contribution in [0, 0.1) is 0 Å². The average Bonchev–Trinajstić information content (AvgIpc) is 2.51. The van der Waals surface area contributed by atoms with Crippen LogP contribution in [0.1, 0.15) is 16.8 Å². The summed E-state index contributed by atoms with van der Waals surface area (Å²) >= 11 is 0. The molecule has 0 radical (unpaired) electrons. The molecule has 3 nitrogen and oxygen atoms in total. The van der Waals surface area contributed by atoms with E-state index in [9.17, 15) is 0 Å². The molecule has 0 saturated heterocycles. The van der Waals surface area contributed by atoms with Gasteiger partial charge in [0.05, 0.1) is 18.9 Å². The molecule has 0 aliphatic carbocycles. The van der Waals surface area contributed by atoms with Crippen LogP contribution in [-0.2, 0) is 24.4 Å². The standard InChI is InChI=1S/C9H12N2O/c10-2-1-7-3-8-5-12-6-9(8)11-4-7/h3-4H,1-2,5-6,10H2. The molecule has 1 aliphatic heterocycles. The lowest BCUT2D eigenvalue weighted by atomic mass is 10.1. The Labute approximate surface area is 71.6 Å². The van der Waals surface area contributed by atoms with E-state index in [4.69, 9.17) is 10.5 Å². The molecule has 2 heterocycles. The Morgan fingerprint density at radius 2 is 2.42 bits per heavy atom. The van der Waals surface area contributed by atoms with Crippen molar-refractivity contribution in [2.75, 3.05) is 6.54 Å². The number of rotatable bonds is 2. The number of nitrogens with zero attached hydrogens (tertiary/aromatic N) is 1. The third-order valence-corrected chi connectivity index (χ3v) is 2.05. The van der Waals surface area contributed by atoms with Crippen LogP contribution in [0.5, 0.6) is 0 Å². The van der Waals surface area contributed by atoms with Gasteiger partial charge in [0.25, 0.3) is 0 Å².